The highest BCUT2D eigenvalue weighted by Crippen LogP contribution is 2.43. The largest absolute Gasteiger partial charge is 0.310 e. The number of allylic oxidation sites excluding steroid dienone is 3. The Hall–Kier alpha value is -5.92. The number of rotatable bonds is 5. The van der Waals surface area contributed by atoms with Gasteiger partial charge >= 0.3 is 0 Å². The second kappa shape index (κ2) is 11.7. The van der Waals surface area contributed by atoms with Crippen LogP contribution in [-0.2, 0) is 0 Å². The number of fused-ring (bicyclic) bond motifs is 6. The summed E-state index contributed by atoms with van der Waals surface area (Å²) in [6.07, 6.45) is 7.17. The van der Waals surface area contributed by atoms with E-state index in [2.05, 4.69) is 194 Å². The molecule has 0 N–H and O–H groups in total. The van der Waals surface area contributed by atoms with Crippen LogP contribution in [0.15, 0.2) is 188 Å². The Kier molecular flexibility index (Phi) is 6.91. The maximum atomic E-state index is 2.46. The molecule has 0 saturated carbocycles. The zero-order valence-corrected chi connectivity index (χ0v) is 26.9. The lowest BCUT2D eigenvalue weighted by Gasteiger charge is -2.32. The van der Waals surface area contributed by atoms with Crippen molar-refractivity contribution in [3.63, 3.8) is 0 Å². The highest BCUT2D eigenvalue weighted by Gasteiger charge is 2.24. The summed E-state index contributed by atoms with van der Waals surface area (Å²) in [6, 6.07) is 59.8. The summed E-state index contributed by atoms with van der Waals surface area (Å²) in [5.74, 6) is 0.679. The fourth-order valence-corrected chi connectivity index (χ4v) is 7.78. The Morgan fingerprint density at radius 3 is 1.69 bits per heavy atom. The van der Waals surface area contributed by atoms with Crippen LogP contribution in [0.1, 0.15) is 18.4 Å². The molecule has 1 aliphatic rings. The van der Waals surface area contributed by atoms with Crippen molar-refractivity contribution >= 4 is 54.5 Å². The first-order valence-electron chi connectivity index (χ1n) is 16.9. The molecule has 1 heteroatoms. The van der Waals surface area contributed by atoms with E-state index >= 15 is 0 Å². The SMILES string of the molecule is C[C@H]1C=C(N(c2ccc(-c3cc4ccccc4c4ccccc34)cc2)c2cc3ccccc3c3ccccc23)C=C[C@H]1c1ccccc1. The third-order valence-corrected chi connectivity index (χ3v) is 10.1. The molecule has 1 nitrogen and oxygen atoms in total. The third-order valence-electron chi connectivity index (χ3n) is 10.1. The van der Waals surface area contributed by atoms with Gasteiger partial charge in [0.25, 0.3) is 0 Å². The smallest absolute Gasteiger partial charge is 0.0546 e. The molecule has 0 amide bonds. The van der Waals surface area contributed by atoms with Gasteiger partial charge in [-0.3, -0.25) is 0 Å². The normalized spacial score (nSPS) is 16.1. The summed E-state index contributed by atoms with van der Waals surface area (Å²) in [5, 5.41) is 10.2. The van der Waals surface area contributed by atoms with Crippen molar-refractivity contribution in [3.05, 3.63) is 193 Å². The minimum absolute atomic E-state index is 0.338. The molecule has 0 aliphatic heterocycles. The van der Waals surface area contributed by atoms with E-state index < -0.39 is 0 Å². The molecule has 8 aromatic rings. The van der Waals surface area contributed by atoms with Gasteiger partial charge in [0.2, 0.25) is 0 Å². The van der Waals surface area contributed by atoms with Crippen LogP contribution in [0, 0.1) is 5.92 Å². The van der Waals surface area contributed by atoms with Crippen molar-refractivity contribution in [1.29, 1.82) is 0 Å². The number of anilines is 2. The topological polar surface area (TPSA) is 3.24 Å². The molecule has 8 aromatic carbocycles. The molecule has 0 spiro atoms. The van der Waals surface area contributed by atoms with Crippen LogP contribution in [0.3, 0.4) is 0 Å². The molecule has 228 valence electrons. The first-order chi connectivity index (χ1) is 23.7. The van der Waals surface area contributed by atoms with E-state index in [9.17, 15) is 0 Å². The number of hydrogen-bond acceptors (Lipinski definition) is 1. The molecule has 0 bridgehead atoms. The summed E-state index contributed by atoms with van der Waals surface area (Å²) in [6.45, 7) is 2.34. The van der Waals surface area contributed by atoms with Gasteiger partial charge in [-0.05, 0) is 90.7 Å². The molecule has 0 heterocycles. The van der Waals surface area contributed by atoms with Crippen LogP contribution in [0.5, 0.6) is 0 Å². The first-order valence-corrected chi connectivity index (χ1v) is 16.9. The molecule has 0 aromatic heterocycles. The third kappa shape index (κ3) is 4.79. The summed E-state index contributed by atoms with van der Waals surface area (Å²) in [4.78, 5) is 2.46. The van der Waals surface area contributed by atoms with Gasteiger partial charge < -0.3 is 4.90 Å². The van der Waals surface area contributed by atoms with Crippen molar-refractivity contribution in [1.82, 2.24) is 0 Å². The average molecular weight is 614 g/mol. The average Bonchev–Trinajstić information content (AvgIpc) is 3.15. The lowest BCUT2D eigenvalue weighted by Crippen LogP contribution is -2.20. The highest BCUT2D eigenvalue weighted by atomic mass is 15.1. The van der Waals surface area contributed by atoms with Crippen LogP contribution >= 0.6 is 0 Å². The zero-order chi connectivity index (χ0) is 32.0. The molecular weight excluding hydrogens is 579 g/mol. The molecule has 0 fully saturated rings. The van der Waals surface area contributed by atoms with Crippen LogP contribution in [0.4, 0.5) is 11.4 Å². The van der Waals surface area contributed by atoms with E-state index in [0.717, 1.165) is 5.69 Å². The van der Waals surface area contributed by atoms with Gasteiger partial charge in [-0.15, -0.1) is 0 Å². The maximum Gasteiger partial charge on any atom is 0.0546 e. The van der Waals surface area contributed by atoms with Gasteiger partial charge in [-0.25, -0.2) is 0 Å². The zero-order valence-electron chi connectivity index (χ0n) is 26.9. The van der Waals surface area contributed by atoms with Crippen LogP contribution in [0.25, 0.3) is 54.2 Å². The summed E-state index contributed by atoms with van der Waals surface area (Å²) in [7, 11) is 0. The summed E-state index contributed by atoms with van der Waals surface area (Å²) in [5.41, 5.74) is 7.36. The Bertz CT molecular complexity index is 2520. The lowest BCUT2D eigenvalue weighted by molar-refractivity contribution is 0.628. The standard InChI is InChI=1S/C47H35N/c1-32-29-38(27-28-39(32)33-13-3-2-4-14-33)48(47-31-36-16-6-8-18-41(36)43-20-11-12-22-45(43)47)37-25-23-34(24-26-37)46-30-35-15-5-7-17-40(35)42-19-9-10-21-44(42)46/h2-32,39H,1H3/t32-,39+/m0/s1. The van der Waals surface area contributed by atoms with Crippen molar-refractivity contribution in [2.45, 2.75) is 12.8 Å². The minimum Gasteiger partial charge on any atom is -0.310 e. The number of benzene rings is 8. The summed E-state index contributed by atoms with van der Waals surface area (Å²) >= 11 is 0. The van der Waals surface area contributed by atoms with Crippen LogP contribution in [0.2, 0.25) is 0 Å². The van der Waals surface area contributed by atoms with Crippen molar-refractivity contribution < 1.29 is 0 Å². The van der Waals surface area contributed by atoms with Crippen molar-refractivity contribution in [2.24, 2.45) is 5.92 Å². The van der Waals surface area contributed by atoms with E-state index in [1.165, 1.54) is 71.2 Å². The summed E-state index contributed by atoms with van der Waals surface area (Å²) < 4.78 is 0. The van der Waals surface area contributed by atoms with Gasteiger partial charge in [0.05, 0.1) is 5.69 Å². The monoisotopic (exact) mass is 613 g/mol. The first kappa shape index (κ1) is 28.3. The highest BCUT2D eigenvalue weighted by molar-refractivity contribution is 6.15. The van der Waals surface area contributed by atoms with Crippen molar-refractivity contribution in [2.75, 3.05) is 4.90 Å². The quantitative estimate of drug-likeness (QED) is 0.175. The molecule has 0 radical (unpaired) electrons. The second-order valence-electron chi connectivity index (χ2n) is 13.0. The molecule has 48 heavy (non-hydrogen) atoms. The molecule has 0 unspecified atom stereocenters. The Labute approximate surface area is 281 Å². The molecule has 9 rings (SSSR count). The van der Waals surface area contributed by atoms with Gasteiger partial charge in [0.15, 0.2) is 0 Å². The molecular formula is C47H35N. The van der Waals surface area contributed by atoms with Crippen LogP contribution < -0.4 is 4.90 Å². The molecule has 0 saturated heterocycles. The van der Waals surface area contributed by atoms with E-state index in [-0.39, 0.29) is 0 Å². The van der Waals surface area contributed by atoms with E-state index in [4.69, 9.17) is 0 Å². The maximum absolute atomic E-state index is 2.46. The lowest BCUT2D eigenvalue weighted by atomic mass is 9.83. The van der Waals surface area contributed by atoms with E-state index in [1.54, 1.807) is 0 Å². The van der Waals surface area contributed by atoms with Gasteiger partial charge in [0.1, 0.15) is 0 Å². The minimum atomic E-state index is 0.338. The van der Waals surface area contributed by atoms with Crippen molar-refractivity contribution in [3.8, 4) is 11.1 Å². The predicted octanol–water partition coefficient (Wildman–Crippen LogP) is 13.0. The second-order valence-corrected chi connectivity index (χ2v) is 13.0. The predicted molar refractivity (Wildman–Crippen MR) is 206 cm³/mol. The van der Waals surface area contributed by atoms with Gasteiger partial charge in [-0.1, -0.05) is 159 Å². The Balaban J connectivity index is 1.21. The number of hydrogen-bond donors (Lipinski definition) is 0. The van der Waals surface area contributed by atoms with Gasteiger partial charge in [-0.2, -0.15) is 0 Å². The van der Waals surface area contributed by atoms with Gasteiger partial charge in [0, 0.05) is 22.7 Å². The van der Waals surface area contributed by atoms with E-state index in [0.29, 0.717) is 11.8 Å². The fourth-order valence-electron chi connectivity index (χ4n) is 7.78. The Morgan fingerprint density at radius 2 is 1.02 bits per heavy atom. The number of nitrogens with zero attached hydrogens (tertiary/aromatic N) is 1. The van der Waals surface area contributed by atoms with Crippen LogP contribution in [-0.4, -0.2) is 0 Å². The molecule has 1 aliphatic carbocycles. The Morgan fingerprint density at radius 1 is 0.479 bits per heavy atom. The van der Waals surface area contributed by atoms with E-state index in [1.807, 2.05) is 0 Å². The molecule has 2 atom stereocenters. The fraction of sp³-hybridized carbons (Fsp3) is 0.0638.